The Balaban J connectivity index is 2.03. The van der Waals surface area contributed by atoms with Gasteiger partial charge >= 0.3 is 6.18 Å². The summed E-state index contributed by atoms with van der Waals surface area (Å²) in [5, 5.41) is 2.90. The first-order chi connectivity index (χ1) is 15.0. The smallest absolute Gasteiger partial charge is 0.406 e. The zero-order chi connectivity index (χ0) is 23.9. The summed E-state index contributed by atoms with van der Waals surface area (Å²) in [4.78, 5) is 13.3. The summed E-state index contributed by atoms with van der Waals surface area (Å²) < 4.78 is 70.3. The van der Waals surface area contributed by atoms with Crippen molar-refractivity contribution in [1.82, 2.24) is 14.5 Å². The molecular weight excluding hydrogens is 447 g/mol. The lowest BCUT2D eigenvalue weighted by molar-refractivity contribution is -0.162. The molecule has 1 heterocycles. The van der Waals surface area contributed by atoms with Gasteiger partial charge in [-0.1, -0.05) is 26.0 Å². The Kier molecular flexibility index (Phi) is 8.88. The van der Waals surface area contributed by atoms with Gasteiger partial charge in [-0.25, -0.2) is 8.42 Å². The minimum Gasteiger partial charge on any atom is -0.467 e. The molecule has 7 nitrogen and oxygen atoms in total. The Morgan fingerprint density at radius 1 is 1.12 bits per heavy atom. The van der Waals surface area contributed by atoms with E-state index in [0.29, 0.717) is 23.6 Å². The highest BCUT2D eigenvalue weighted by Crippen LogP contribution is 2.21. The second-order valence-electron chi connectivity index (χ2n) is 7.21. The average molecular weight is 476 g/mol. The van der Waals surface area contributed by atoms with E-state index in [1.165, 1.54) is 34.8 Å². The quantitative estimate of drug-likeness (QED) is 0.538. The van der Waals surface area contributed by atoms with Gasteiger partial charge in [0.2, 0.25) is 15.9 Å². The van der Waals surface area contributed by atoms with Crippen LogP contribution in [0.4, 0.5) is 13.2 Å². The normalized spacial score (nSPS) is 13.3. The van der Waals surface area contributed by atoms with Gasteiger partial charge in [-0.15, -0.1) is 0 Å². The molecule has 2 rings (SSSR count). The third kappa shape index (κ3) is 7.07. The number of halogens is 3. The second-order valence-corrected chi connectivity index (χ2v) is 9.14. The van der Waals surface area contributed by atoms with E-state index in [1.54, 1.807) is 32.9 Å². The van der Waals surface area contributed by atoms with Gasteiger partial charge in [0.25, 0.3) is 0 Å². The van der Waals surface area contributed by atoms with Crippen molar-refractivity contribution < 1.29 is 30.8 Å². The molecule has 1 aromatic heterocycles. The molecule has 1 aromatic carbocycles. The molecule has 1 N–H and O–H groups in total. The monoisotopic (exact) mass is 475 g/mol. The molecule has 32 heavy (non-hydrogen) atoms. The number of benzene rings is 1. The van der Waals surface area contributed by atoms with E-state index < -0.39 is 28.7 Å². The molecule has 1 unspecified atom stereocenters. The van der Waals surface area contributed by atoms with Crippen LogP contribution in [0.2, 0.25) is 0 Å². The molecule has 0 aliphatic carbocycles. The van der Waals surface area contributed by atoms with Gasteiger partial charge in [-0.2, -0.15) is 17.5 Å². The molecule has 0 aliphatic heterocycles. The van der Waals surface area contributed by atoms with Gasteiger partial charge in [-0.3, -0.25) is 4.79 Å². The largest absolute Gasteiger partial charge is 0.467 e. The van der Waals surface area contributed by atoms with Crippen LogP contribution in [0.15, 0.2) is 52.0 Å². The SMILES string of the molecule is CCN(CC)S(=O)(=O)c1ccc(C(C)NCC(=O)N(Cc2ccco2)CC(F)(F)F)cc1. The lowest BCUT2D eigenvalue weighted by atomic mass is 10.1. The fourth-order valence-corrected chi connectivity index (χ4v) is 4.61. The number of carbonyl (C=O) groups is 1. The van der Waals surface area contributed by atoms with Crippen molar-refractivity contribution in [2.75, 3.05) is 26.2 Å². The van der Waals surface area contributed by atoms with E-state index in [2.05, 4.69) is 5.32 Å². The first kappa shape index (κ1) is 25.9. The maximum atomic E-state index is 12.9. The van der Waals surface area contributed by atoms with Gasteiger partial charge < -0.3 is 14.6 Å². The summed E-state index contributed by atoms with van der Waals surface area (Å²) in [6, 6.07) is 8.85. The van der Waals surface area contributed by atoms with E-state index in [4.69, 9.17) is 4.42 Å². The highest BCUT2D eigenvalue weighted by atomic mass is 32.2. The highest BCUT2D eigenvalue weighted by Gasteiger charge is 2.33. The Morgan fingerprint density at radius 2 is 1.75 bits per heavy atom. The van der Waals surface area contributed by atoms with Crippen LogP contribution in [0, 0.1) is 0 Å². The van der Waals surface area contributed by atoms with Crippen LogP contribution in [0.3, 0.4) is 0 Å². The van der Waals surface area contributed by atoms with E-state index >= 15 is 0 Å². The van der Waals surface area contributed by atoms with Crippen LogP contribution in [0.5, 0.6) is 0 Å². The number of rotatable bonds is 11. The lowest BCUT2D eigenvalue weighted by Gasteiger charge is -2.24. The predicted octanol–water partition coefficient (Wildman–Crippen LogP) is 3.55. The fourth-order valence-electron chi connectivity index (χ4n) is 3.15. The Bertz CT molecular complexity index is 957. The van der Waals surface area contributed by atoms with Crippen molar-refractivity contribution in [3.63, 3.8) is 0 Å². The number of amides is 1. The number of furan rings is 1. The van der Waals surface area contributed by atoms with Gasteiger partial charge in [0.1, 0.15) is 12.3 Å². The molecule has 0 saturated carbocycles. The van der Waals surface area contributed by atoms with Crippen LogP contribution < -0.4 is 5.32 Å². The van der Waals surface area contributed by atoms with E-state index in [0.717, 1.165) is 0 Å². The van der Waals surface area contributed by atoms with Crippen molar-refractivity contribution >= 4 is 15.9 Å². The molecule has 11 heteroatoms. The molecular formula is C21H28F3N3O4S. The number of carbonyl (C=O) groups excluding carboxylic acids is 1. The molecule has 0 bridgehead atoms. The first-order valence-electron chi connectivity index (χ1n) is 10.2. The molecule has 1 atom stereocenters. The Labute approximate surface area is 186 Å². The number of hydrogen-bond acceptors (Lipinski definition) is 5. The highest BCUT2D eigenvalue weighted by molar-refractivity contribution is 7.89. The number of nitrogens with one attached hydrogen (secondary N) is 1. The number of hydrogen-bond donors (Lipinski definition) is 1. The molecule has 178 valence electrons. The van der Waals surface area contributed by atoms with Crippen molar-refractivity contribution in [3.8, 4) is 0 Å². The van der Waals surface area contributed by atoms with Crippen LogP contribution >= 0.6 is 0 Å². The van der Waals surface area contributed by atoms with Gasteiger partial charge in [0, 0.05) is 19.1 Å². The summed E-state index contributed by atoms with van der Waals surface area (Å²) >= 11 is 0. The number of sulfonamides is 1. The van der Waals surface area contributed by atoms with Gasteiger partial charge in [0.15, 0.2) is 0 Å². The summed E-state index contributed by atoms with van der Waals surface area (Å²) in [6.07, 6.45) is -3.21. The van der Waals surface area contributed by atoms with Crippen LogP contribution in [-0.4, -0.2) is 55.9 Å². The molecule has 0 radical (unpaired) electrons. The van der Waals surface area contributed by atoms with Crippen molar-refractivity contribution in [2.24, 2.45) is 0 Å². The van der Waals surface area contributed by atoms with Gasteiger partial charge in [0.05, 0.1) is 24.2 Å². The Hall–Kier alpha value is -2.37. The zero-order valence-corrected chi connectivity index (χ0v) is 19.0. The minimum absolute atomic E-state index is 0.156. The first-order valence-corrected chi connectivity index (χ1v) is 11.6. The van der Waals surface area contributed by atoms with Crippen LogP contribution in [0.1, 0.15) is 38.1 Å². The van der Waals surface area contributed by atoms with Crippen molar-refractivity contribution in [3.05, 3.63) is 54.0 Å². The molecule has 0 spiro atoms. The topological polar surface area (TPSA) is 82.9 Å². The minimum atomic E-state index is -4.54. The van der Waals surface area contributed by atoms with Crippen molar-refractivity contribution in [1.29, 1.82) is 0 Å². The third-order valence-electron chi connectivity index (χ3n) is 4.93. The zero-order valence-electron chi connectivity index (χ0n) is 18.2. The molecule has 2 aromatic rings. The summed E-state index contributed by atoms with van der Waals surface area (Å²) in [5.74, 6) is -0.480. The van der Waals surface area contributed by atoms with Gasteiger partial charge in [-0.05, 0) is 36.8 Å². The third-order valence-corrected chi connectivity index (χ3v) is 7.00. The van der Waals surface area contributed by atoms with E-state index in [1.807, 2.05) is 0 Å². The summed E-state index contributed by atoms with van der Waals surface area (Å²) in [6.45, 7) is 3.96. The standard InChI is InChI=1S/C21H28F3N3O4S/c1-4-27(5-2)32(29,30)19-10-8-17(9-11-19)16(3)25-13-20(28)26(15-21(22,23)24)14-18-7-6-12-31-18/h6-12,16,25H,4-5,13-15H2,1-3H3. The van der Waals surface area contributed by atoms with E-state index in [-0.39, 0.29) is 29.8 Å². The van der Waals surface area contributed by atoms with Crippen LogP contribution in [-0.2, 0) is 21.4 Å². The second kappa shape index (κ2) is 11.0. The molecule has 0 saturated heterocycles. The van der Waals surface area contributed by atoms with Crippen LogP contribution in [0.25, 0.3) is 0 Å². The van der Waals surface area contributed by atoms with Crippen molar-refractivity contribution in [2.45, 2.75) is 44.4 Å². The maximum Gasteiger partial charge on any atom is 0.406 e. The average Bonchev–Trinajstić information content (AvgIpc) is 3.24. The molecule has 1 amide bonds. The Morgan fingerprint density at radius 3 is 2.25 bits per heavy atom. The fraction of sp³-hybridized carbons (Fsp3) is 0.476. The summed E-state index contributed by atoms with van der Waals surface area (Å²) in [7, 11) is -3.59. The lowest BCUT2D eigenvalue weighted by Crippen LogP contribution is -2.43. The maximum absolute atomic E-state index is 12.9. The number of alkyl halides is 3. The van der Waals surface area contributed by atoms with E-state index in [9.17, 15) is 26.4 Å². The molecule has 0 fully saturated rings. The number of nitrogens with zero attached hydrogens (tertiary/aromatic N) is 2. The summed E-state index contributed by atoms with van der Waals surface area (Å²) in [5.41, 5.74) is 0.699. The molecule has 0 aliphatic rings. The predicted molar refractivity (Wildman–Crippen MR) is 113 cm³/mol.